The summed E-state index contributed by atoms with van der Waals surface area (Å²) in [6, 6.07) is 0. The topological polar surface area (TPSA) is 66.4 Å². The molecule has 0 spiro atoms. The first-order valence-electron chi connectivity index (χ1n) is 8.15. The number of hydrogen-bond acceptors (Lipinski definition) is 2. The molecular weight excluding hydrogens is 266 g/mol. The van der Waals surface area contributed by atoms with E-state index in [2.05, 4.69) is 33.0 Å². The standard InChI is InChI=1S/C17H31NO3/c1-13(11-16(2,3)4)10-14(19)18-17(12-15(20)21)8-6-5-7-9-17/h13H,5-12H2,1-4H3,(H,18,19)(H,20,21). The Morgan fingerprint density at radius 1 is 1.19 bits per heavy atom. The summed E-state index contributed by atoms with van der Waals surface area (Å²) in [5.74, 6) is -0.495. The van der Waals surface area contributed by atoms with Gasteiger partial charge < -0.3 is 10.4 Å². The summed E-state index contributed by atoms with van der Waals surface area (Å²) < 4.78 is 0. The first kappa shape index (κ1) is 18.0. The quantitative estimate of drug-likeness (QED) is 0.784. The molecule has 0 bridgehead atoms. The van der Waals surface area contributed by atoms with Crippen LogP contribution in [0.2, 0.25) is 0 Å². The molecule has 2 N–H and O–H groups in total. The highest BCUT2D eigenvalue weighted by atomic mass is 16.4. The molecule has 0 aromatic heterocycles. The number of carbonyl (C=O) groups excluding carboxylic acids is 1. The summed E-state index contributed by atoms with van der Waals surface area (Å²) in [5, 5.41) is 12.2. The van der Waals surface area contributed by atoms with Crippen molar-refractivity contribution in [3.8, 4) is 0 Å². The highest BCUT2D eigenvalue weighted by molar-refractivity contribution is 5.78. The summed E-state index contributed by atoms with van der Waals surface area (Å²) in [7, 11) is 0. The third-order valence-corrected chi connectivity index (χ3v) is 4.20. The maximum absolute atomic E-state index is 12.3. The fraction of sp³-hybridized carbons (Fsp3) is 0.882. The Labute approximate surface area is 128 Å². The lowest BCUT2D eigenvalue weighted by molar-refractivity contribution is -0.139. The summed E-state index contributed by atoms with van der Waals surface area (Å²) in [6.07, 6.45) is 6.25. The smallest absolute Gasteiger partial charge is 0.305 e. The fourth-order valence-corrected chi connectivity index (χ4v) is 3.64. The van der Waals surface area contributed by atoms with Crippen LogP contribution in [0.25, 0.3) is 0 Å². The van der Waals surface area contributed by atoms with E-state index in [1.807, 2.05) is 0 Å². The second-order valence-electron chi connectivity index (χ2n) is 8.03. The zero-order valence-electron chi connectivity index (χ0n) is 14.0. The minimum absolute atomic E-state index is 0.00917. The summed E-state index contributed by atoms with van der Waals surface area (Å²) in [6.45, 7) is 8.62. The van der Waals surface area contributed by atoms with Gasteiger partial charge in [0.25, 0.3) is 0 Å². The van der Waals surface area contributed by atoms with E-state index in [-0.39, 0.29) is 17.7 Å². The molecule has 122 valence electrons. The van der Waals surface area contributed by atoms with E-state index in [1.54, 1.807) is 0 Å². The van der Waals surface area contributed by atoms with E-state index >= 15 is 0 Å². The Morgan fingerprint density at radius 2 is 1.76 bits per heavy atom. The van der Waals surface area contributed by atoms with Crippen molar-refractivity contribution in [1.29, 1.82) is 0 Å². The van der Waals surface area contributed by atoms with Gasteiger partial charge in [-0.2, -0.15) is 0 Å². The van der Waals surface area contributed by atoms with E-state index < -0.39 is 11.5 Å². The predicted octanol–water partition coefficient (Wildman–Crippen LogP) is 3.74. The van der Waals surface area contributed by atoms with Gasteiger partial charge in [0.1, 0.15) is 0 Å². The van der Waals surface area contributed by atoms with Crippen molar-refractivity contribution in [3.63, 3.8) is 0 Å². The third-order valence-electron chi connectivity index (χ3n) is 4.20. The maximum atomic E-state index is 12.3. The lowest BCUT2D eigenvalue weighted by atomic mass is 9.78. The van der Waals surface area contributed by atoms with Crippen LogP contribution in [0.1, 0.15) is 79.1 Å². The molecule has 1 amide bonds. The van der Waals surface area contributed by atoms with Gasteiger partial charge in [0.15, 0.2) is 0 Å². The minimum Gasteiger partial charge on any atom is -0.481 e. The highest BCUT2D eigenvalue weighted by Crippen LogP contribution is 2.32. The average molecular weight is 297 g/mol. The number of amides is 1. The Bertz CT molecular complexity index is 365. The van der Waals surface area contributed by atoms with Crippen LogP contribution in [0.15, 0.2) is 0 Å². The largest absolute Gasteiger partial charge is 0.481 e. The van der Waals surface area contributed by atoms with Gasteiger partial charge in [-0.15, -0.1) is 0 Å². The van der Waals surface area contributed by atoms with Crippen molar-refractivity contribution >= 4 is 11.9 Å². The molecule has 1 saturated carbocycles. The van der Waals surface area contributed by atoms with Gasteiger partial charge >= 0.3 is 5.97 Å². The van der Waals surface area contributed by atoms with E-state index in [0.29, 0.717) is 12.3 Å². The van der Waals surface area contributed by atoms with Crippen LogP contribution in [-0.4, -0.2) is 22.5 Å². The molecule has 0 aromatic rings. The van der Waals surface area contributed by atoms with Crippen molar-refractivity contribution in [3.05, 3.63) is 0 Å². The molecular formula is C17H31NO3. The van der Waals surface area contributed by atoms with Gasteiger partial charge in [0.2, 0.25) is 5.91 Å². The molecule has 4 heteroatoms. The number of hydrogen-bond donors (Lipinski definition) is 2. The van der Waals surface area contributed by atoms with Crippen LogP contribution in [-0.2, 0) is 9.59 Å². The summed E-state index contributed by atoms with van der Waals surface area (Å²) in [5.41, 5.74) is -0.300. The molecule has 0 aromatic carbocycles. The summed E-state index contributed by atoms with van der Waals surface area (Å²) >= 11 is 0. The van der Waals surface area contributed by atoms with Crippen molar-refractivity contribution in [2.45, 2.75) is 84.6 Å². The lowest BCUT2D eigenvalue weighted by Crippen LogP contribution is -2.51. The molecule has 1 aliphatic carbocycles. The van der Waals surface area contributed by atoms with Gasteiger partial charge in [-0.25, -0.2) is 0 Å². The molecule has 0 aliphatic heterocycles. The molecule has 0 saturated heterocycles. The van der Waals surface area contributed by atoms with Crippen molar-refractivity contribution in [1.82, 2.24) is 5.32 Å². The monoisotopic (exact) mass is 297 g/mol. The maximum Gasteiger partial charge on any atom is 0.305 e. The molecule has 1 fully saturated rings. The van der Waals surface area contributed by atoms with Gasteiger partial charge in [-0.3, -0.25) is 9.59 Å². The van der Waals surface area contributed by atoms with Gasteiger partial charge in [-0.1, -0.05) is 47.0 Å². The van der Waals surface area contributed by atoms with Gasteiger partial charge in [0.05, 0.1) is 12.0 Å². The molecule has 1 aliphatic rings. The number of carbonyl (C=O) groups is 2. The molecule has 4 nitrogen and oxygen atoms in total. The van der Waals surface area contributed by atoms with E-state index in [1.165, 1.54) is 0 Å². The number of carboxylic acids is 1. The molecule has 21 heavy (non-hydrogen) atoms. The molecule has 0 radical (unpaired) electrons. The van der Waals surface area contributed by atoms with Crippen LogP contribution in [0.5, 0.6) is 0 Å². The normalized spacial score (nSPS) is 19.8. The van der Waals surface area contributed by atoms with Crippen molar-refractivity contribution in [2.24, 2.45) is 11.3 Å². The van der Waals surface area contributed by atoms with E-state index in [4.69, 9.17) is 5.11 Å². The SMILES string of the molecule is CC(CC(=O)NC1(CC(=O)O)CCCCC1)CC(C)(C)C. The fourth-order valence-electron chi connectivity index (χ4n) is 3.64. The molecule has 1 atom stereocenters. The number of nitrogens with one attached hydrogen (secondary N) is 1. The van der Waals surface area contributed by atoms with Gasteiger partial charge in [-0.05, 0) is 30.6 Å². The third kappa shape index (κ3) is 6.96. The predicted molar refractivity (Wildman–Crippen MR) is 84.1 cm³/mol. The first-order chi connectivity index (χ1) is 9.62. The van der Waals surface area contributed by atoms with Crippen molar-refractivity contribution in [2.75, 3.05) is 0 Å². The van der Waals surface area contributed by atoms with Gasteiger partial charge in [0, 0.05) is 6.42 Å². The molecule has 1 unspecified atom stereocenters. The van der Waals surface area contributed by atoms with Crippen LogP contribution in [0.3, 0.4) is 0 Å². The van der Waals surface area contributed by atoms with Crippen LogP contribution in [0, 0.1) is 11.3 Å². The Balaban J connectivity index is 2.58. The Hall–Kier alpha value is -1.06. The average Bonchev–Trinajstić information content (AvgIpc) is 2.24. The zero-order chi connectivity index (χ0) is 16.1. The summed E-state index contributed by atoms with van der Waals surface area (Å²) in [4.78, 5) is 23.4. The van der Waals surface area contributed by atoms with Crippen LogP contribution < -0.4 is 5.32 Å². The molecule has 0 heterocycles. The number of aliphatic carboxylic acids is 1. The Kier molecular flexibility index (Phi) is 6.24. The Morgan fingerprint density at radius 3 is 2.24 bits per heavy atom. The number of rotatable bonds is 6. The zero-order valence-corrected chi connectivity index (χ0v) is 14.0. The van der Waals surface area contributed by atoms with E-state index in [9.17, 15) is 9.59 Å². The highest BCUT2D eigenvalue weighted by Gasteiger charge is 2.36. The van der Waals surface area contributed by atoms with Crippen LogP contribution in [0.4, 0.5) is 0 Å². The lowest BCUT2D eigenvalue weighted by Gasteiger charge is -2.37. The number of carboxylic acid groups (broad SMARTS) is 1. The first-order valence-corrected chi connectivity index (χ1v) is 8.15. The minimum atomic E-state index is -0.820. The molecule has 1 rings (SSSR count). The van der Waals surface area contributed by atoms with Crippen molar-refractivity contribution < 1.29 is 14.7 Å². The van der Waals surface area contributed by atoms with Crippen LogP contribution >= 0.6 is 0 Å². The second kappa shape index (κ2) is 7.28. The second-order valence-corrected chi connectivity index (χ2v) is 8.03. The van der Waals surface area contributed by atoms with E-state index in [0.717, 1.165) is 38.5 Å².